The van der Waals surface area contributed by atoms with Gasteiger partial charge in [-0.25, -0.2) is 0 Å². The standard InChI is InChI=1S/C20H25NO3/c1-24-19(23)20(17-10-6-3-7-11-17)12-14-21(15-13-20)18(22)16-8-4-2-5-9-16/h2-4,6-7,10-11,16H,5,8-9,12-15H2,1H3/t16-/m1/s1. The molecular formula is C20H25NO3. The lowest BCUT2D eigenvalue weighted by Crippen LogP contribution is -2.50. The van der Waals surface area contributed by atoms with Crippen molar-refractivity contribution >= 4 is 11.9 Å². The van der Waals surface area contributed by atoms with E-state index in [2.05, 4.69) is 12.2 Å². The fourth-order valence-electron chi connectivity index (χ4n) is 3.95. The van der Waals surface area contributed by atoms with E-state index in [1.807, 2.05) is 35.2 Å². The molecule has 0 aromatic heterocycles. The summed E-state index contributed by atoms with van der Waals surface area (Å²) in [6.45, 7) is 1.23. The van der Waals surface area contributed by atoms with Crippen LogP contribution in [-0.4, -0.2) is 37.0 Å². The SMILES string of the molecule is COC(=O)C1(c2ccccc2)CCN(C(=O)[C@@H]2CC=CCC2)CC1. The molecule has 0 N–H and O–H groups in total. The Balaban J connectivity index is 1.74. The summed E-state index contributed by atoms with van der Waals surface area (Å²) in [5.74, 6) is 0.157. The van der Waals surface area contributed by atoms with Crippen molar-refractivity contribution in [3.05, 3.63) is 48.0 Å². The first-order valence-electron chi connectivity index (χ1n) is 8.75. The van der Waals surface area contributed by atoms with E-state index in [1.54, 1.807) is 0 Å². The van der Waals surface area contributed by atoms with E-state index in [9.17, 15) is 9.59 Å². The van der Waals surface area contributed by atoms with Crippen LogP contribution >= 0.6 is 0 Å². The number of nitrogens with zero attached hydrogens (tertiary/aromatic N) is 1. The van der Waals surface area contributed by atoms with Crippen LogP contribution in [0, 0.1) is 5.92 Å². The summed E-state index contributed by atoms with van der Waals surface area (Å²) < 4.78 is 5.11. The van der Waals surface area contributed by atoms with Crippen LogP contribution in [-0.2, 0) is 19.7 Å². The van der Waals surface area contributed by atoms with Crippen LogP contribution in [0.4, 0.5) is 0 Å². The molecule has 1 amide bonds. The Morgan fingerprint density at radius 3 is 2.42 bits per heavy atom. The van der Waals surface area contributed by atoms with Crippen LogP contribution in [0.5, 0.6) is 0 Å². The number of esters is 1. The first-order valence-corrected chi connectivity index (χ1v) is 8.75. The fourth-order valence-corrected chi connectivity index (χ4v) is 3.95. The largest absolute Gasteiger partial charge is 0.468 e. The maximum absolute atomic E-state index is 12.7. The molecule has 1 fully saturated rings. The molecule has 1 heterocycles. The summed E-state index contributed by atoms with van der Waals surface area (Å²) in [6.07, 6.45) is 8.27. The Hall–Kier alpha value is -2.10. The number of amides is 1. The Bertz CT molecular complexity index is 615. The summed E-state index contributed by atoms with van der Waals surface area (Å²) in [5.41, 5.74) is 0.365. The van der Waals surface area contributed by atoms with E-state index in [0.29, 0.717) is 25.9 Å². The van der Waals surface area contributed by atoms with Gasteiger partial charge in [0.2, 0.25) is 5.91 Å². The summed E-state index contributed by atoms with van der Waals surface area (Å²) in [5, 5.41) is 0. The summed E-state index contributed by atoms with van der Waals surface area (Å²) in [6, 6.07) is 9.82. The van der Waals surface area contributed by atoms with Crippen molar-refractivity contribution in [3.63, 3.8) is 0 Å². The molecular weight excluding hydrogens is 302 g/mol. The summed E-state index contributed by atoms with van der Waals surface area (Å²) in [4.78, 5) is 27.2. The highest BCUT2D eigenvalue weighted by atomic mass is 16.5. The predicted molar refractivity (Wildman–Crippen MR) is 92.4 cm³/mol. The van der Waals surface area contributed by atoms with E-state index < -0.39 is 5.41 Å². The van der Waals surface area contributed by atoms with E-state index in [0.717, 1.165) is 24.8 Å². The zero-order valence-corrected chi connectivity index (χ0v) is 14.2. The quantitative estimate of drug-likeness (QED) is 0.633. The van der Waals surface area contributed by atoms with Gasteiger partial charge in [0.05, 0.1) is 12.5 Å². The number of hydrogen-bond acceptors (Lipinski definition) is 3. The van der Waals surface area contributed by atoms with Gasteiger partial charge in [0.15, 0.2) is 0 Å². The smallest absolute Gasteiger partial charge is 0.316 e. The zero-order valence-electron chi connectivity index (χ0n) is 14.2. The summed E-state index contributed by atoms with van der Waals surface area (Å²) >= 11 is 0. The van der Waals surface area contributed by atoms with Crippen molar-refractivity contribution in [1.82, 2.24) is 4.90 Å². The number of methoxy groups -OCH3 is 1. The molecule has 1 aliphatic carbocycles. The molecule has 0 saturated carbocycles. The first kappa shape index (κ1) is 16.7. The molecule has 1 aromatic carbocycles. The van der Waals surface area contributed by atoms with Crippen molar-refractivity contribution in [2.45, 2.75) is 37.5 Å². The third-order valence-electron chi connectivity index (χ3n) is 5.45. The van der Waals surface area contributed by atoms with Gasteiger partial charge in [-0.2, -0.15) is 0 Å². The molecule has 2 aliphatic rings. The number of likely N-dealkylation sites (tertiary alicyclic amines) is 1. The molecule has 0 spiro atoms. The van der Waals surface area contributed by atoms with E-state index in [1.165, 1.54) is 7.11 Å². The van der Waals surface area contributed by atoms with E-state index in [-0.39, 0.29) is 17.8 Å². The van der Waals surface area contributed by atoms with E-state index >= 15 is 0 Å². The fraction of sp³-hybridized carbons (Fsp3) is 0.500. The molecule has 128 valence electrons. The molecule has 1 atom stereocenters. The van der Waals surface area contributed by atoms with Gasteiger partial charge in [0.1, 0.15) is 0 Å². The van der Waals surface area contributed by atoms with E-state index in [4.69, 9.17) is 4.74 Å². The highest BCUT2D eigenvalue weighted by molar-refractivity contribution is 5.84. The van der Waals surface area contributed by atoms with Crippen molar-refractivity contribution in [1.29, 1.82) is 0 Å². The van der Waals surface area contributed by atoms with Crippen LogP contribution in [0.3, 0.4) is 0 Å². The lowest BCUT2D eigenvalue weighted by atomic mass is 9.72. The molecule has 1 saturated heterocycles. The van der Waals surface area contributed by atoms with Gasteiger partial charge < -0.3 is 9.64 Å². The van der Waals surface area contributed by atoms with Gasteiger partial charge >= 0.3 is 5.97 Å². The molecule has 4 nitrogen and oxygen atoms in total. The number of carbonyl (C=O) groups is 2. The Labute approximate surface area is 143 Å². The molecule has 0 unspecified atom stereocenters. The number of rotatable bonds is 3. The van der Waals surface area contributed by atoms with Gasteiger partial charge in [-0.1, -0.05) is 42.5 Å². The zero-order chi connectivity index (χ0) is 17.0. The molecule has 3 rings (SSSR count). The second kappa shape index (κ2) is 7.20. The molecule has 24 heavy (non-hydrogen) atoms. The average Bonchev–Trinajstić information content (AvgIpc) is 2.68. The lowest BCUT2D eigenvalue weighted by molar-refractivity contribution is -0.152. The second-order valence-electron chi connectivity index (χ2n) is 6.75. The Kier molecular flexibility index (Phi) is 5.03. The molecule has 1 aromatic rings. The highest BCUT2D eigenvalue weighted by Gasteiger charge is 2.45. The molecule has 1 aliphatic heterocycles. The highest BCUT2D eigenvalue weighted by Crippen LogP contribution is 2.37. The molecule has 0 bridgehead atoms. The molecule has 4 heteroatoms. The summed E-state index contributed by atoms with van der Waals surface area (Å²) in [7, 11) is 1.44. The first-order chi connectivity index (χ1) is 11.7. The number of piperidine rings is 1. The monoisotopic (exact) mass is 327 g/mol. The normalized spacial score (nSPS) is 22.9. The average molecular weight is 327 g/mol. The van der Waals surface area contributed by atoms with Crippen molar-refractivity contribution in [2.24, 2.45) is 5.92 Å². The number of hydrogen-bond donors (Lipinski definition) is 0. The van der Waals surface area contributed by atoms with Crippen molar-refractivity contribution < 1.29 is 14.3 Å². The van der Waals surface area contributed by atoms with Crippen molar-refractivity contribution in [2.75, 3.05) is 20.2 Å². The maximum Gasteiger partial charge on any atom is 0.316 e. The number of benzene rings is 1. The number of ether oxygens (including phenoxy) is 1. The van der Waals surface area contributed by atoms with Crippen LogP contribution in [0.1, 0.15) is 37.7 Å². The predicted octanol–water partition coefficient (Wildman–Crippen LogP) is 3.08. The van der Waals surface area contributed by atoms with Crippen molar-refractivity contribution in [3.8, 4) is 0 Å². The second-order valence-corrected chi connectivity index (χ2v) is 6.75. The molecule has 0 radical (unpaired) electrons. The van der Waals surface area contributed by atoms with Gasteiger partial charge in [-0.05, 0) is 37.7 Å². The minimum Gasteiger partial charge on any atom is -0.468 e. The topological polar surface area (TPSA) is 46.6 Å². The van der Waals surface area contributed by atoms with Gasteiger partial charge in [-0.3, -0.25) is 9.59 Å². The minimum absolute atomic E-state index is 0.109. The van der Waals surface area contributed by atoms with Crippen LogP contribution < -0.4 is 0 Å². The minimum atomic E-state index is -0.626. The number of allylic oxidation sites excluding steroid dienone is 2. The third kappa shape index (κ3) is 3.10. The van der Waals surface area contributed by atoms with Crippen LogP contribution in [0.15, 0.2) is 42.5 Å². The Morgan fingerprint density at radius 2 is 1.83 bits per heavy atom. The van der Waals surface area contributed by atoms with Gasteiger partial charge in [0.25, 0.3) is 0 Å². The maximum atomic E-state index is 12.7. The van der Waals surface area contributed by atoms with Crippen LogP contribution in [0.25, 0.3) is 0 Å². The lowest BCUT2D eigenvalue weighted by Gasteiger charge is -2.41. The van der Waals surface area contributed by atoms with Gasteiger partial charge in [0, 0.05) is 19.0 Å². The third-order valence-corrected chi connectivity index (χ3v) is 5.45. The Morgan fingerprint density at radius 1 is 1.12 bits per heavy atom. The van der Waals surface area contributed by atoms with Gasteiger partial charge in [-0.15, -0.1) is 0 Å². The number of carbonyl (C=O) groups excluding carboxylic acids is 2. The van der Waals surface area contributed by atoms with Crippen LogP contribution in [0.2, 0.25) is 0 Å².